The second-order valence-corrected chi connectivity index (χ2v) is 2.86. The van der Waals surface area contributed by atoms with Gasteiger partial charge < -0.3 is 0 Å². The van der Waals surface area contributed by atoms with E-state index in [2.05, 4.69) is 13.2 Å². The molecule has 1 heteroatoms. The lowest BCUT2D eigenvalue weighted by Gasteiger charge is -1.80. The minimum atomic E-state index is 0. The summed E-state index contributed by atoms with van der Waals surface area (Å²) in [4.78, 5) is 0. The topological polar surface area (TPSA) is 0 Å². The number of hydrogen-bond donors (Lipinski definition) is 0. The van der Waals surface area contributed by atoms with Crippen molar-refractivity contribution >= 4 is 15.2 Å². The predicted octanol–water partition coefficient (Wildman–Crippen LogP) is 2.15. The Balaban J connectivity index is 0. The van der Waals surface area contributed by atoms with Crippen molar-refractivity contribution in [3.63, 3.8) is 0 Å². The quantitative estimate of drug-likeness (QED) is 0.296. The first-order chi connectivity index (χ1) is 3.41. The highest BCUT2D eigenvalue weighted by atomic mass is 27.1. The largest absolute Gasteiger partial charge is 0.212 e. The minimum absolute atomic E-state index is 0. The molecule has 0 N–H and O–H groups in total. The highest BCUT2D eigenvalue weighted by Gasteiger charge is 1.79. The number of allylic oxidation sites excluding steroid dienone is 2. The van der Waals surface area contributed by atoms with E-state index in [9.17, 15) is 0 Å². The Morgan fingerprint density at radius 1 is 1.29 bits per heavy atom. The lowest BCUT2D eigenvalue weighted by Crippen LogP contribution is -1.79. The molecule has 0 nitrogen and oxygen atoms in total. The van der Waals surface area contributed by atoms with E-state index in [-0.39, 0.29) is 1.43 Å². The van der Waals surface area contributed by atoms with Gasteiger partial charge in [0.2, 0.25) is 15.2 Å². The summed E-state index contributed by atoms with van der Waals surface area (Å²) < 4.78 is 0. The van der Waals surface area contributed by atoms with Crippen LogP contribution in [0.2, 0.25) is 10.6 Å². The summed E-state index contributed by atoms with van der Waals surface area (Å²) in [6, 6.07) is 0. The van der Waals surface area contributed by atoms with Gasteiger partial charge in [0.15, 0.2) is 0 Å². The first kappa shape index (κ1) is 7.01. The maximum atomic E-state index is 3.62. The summed E-state index contributed by atoms with van der Waals surface area (Å²) in [7, 11) is 0. The van der Waals surface area contributed by atoms with Crippen LogP contribution < -0.4 is 0 Å². The van der Waals surface area contributed by atoms with Gasteiger partial charge in [0.1, 0.15) is 0 Å². The van der Waals surface area contributed by atoms with Gasteiger partial charge in [-0.25, -0.2) is 0 Å². The van der Waals surface area contributed by atoms with E-state index in [0.29, 0.717) is 15.2 Å². The second kappa shape index (κ2) is 6.01. The van der Waals surface area contributed by atoms with Crippen LogP contribution in [0.4, 0.5) is 0 Å². The Labute approximate surface area is 53.1 Å². The van der Waals surface area contributed by atoms with Crippen molar-refractivity contribution in [1.82, 2.24) is 0 Å². The highest BCUT2D eigenvalue weighted by molar-refractivity contribution is 6.36. The molecule has 0 unspecified atom stereocenters. The van der Waals surface area contributed by atoms with E-state index in [1.165, 1.54) is 10.6 Å². The number of hydrogen-bond acceptors (Lipinski definition) is 0. The third-order valence-corrected chi connectivity index (χ3v) is 2.00. The summed E-state index contributed by atoms with van der Waals surface area (Å²) in [6.45, 7) is 7.24. The smallest absolute Gasteiger partial charge is 0.106 e. The molecule has 0 rings (SSSR count). The molecule has 0 aromatic rings. The molecule has 0 fully saturated rings. The van der Waals surface area contributed by atoms with E-state index in [1.807, 2.05) is 12.2 Å². The Bertz CT molecular complexity index is 53.5. The normalized spacial score (nSPS) is 7.43. The molecule has 0 aromatic heterocycles. The monoisotopic (exact) mass is 111 g/mol. The van der Waals surface area contributed by atoms with Gasteiger partial charge in [0, 0.05) is 1.43 Å². The molecule has 39 valence electrons. The average Bonchev–Trinajstić information content (AvgIpc) is 1.69. The van der Waals surface area contributed by atoms with Gasteiger partial charge in [-0.05, 0) is 0 Å². The van der Waals surface area contributed by atoms with Crippen LogP contribution in [0.1, 0.15) is 1.43 Å². The van der Waals surface area contributed by atoms with E-state index < -0.39 is 0 Å². The van der Waals surface area contributed by atoms with Gasteiger partial charge in [-0.1, -0.05) is 10.6 Å². The van der Waals surface area contributed by atoms with Crippen LogP contribution in [0.5, 0.6) is 0 Å². The molecule has 0 aliphatic rings. The van der Waals surface area contributed by atoms with Crippen LogP contribution in [0, 0.1) is 0 Å². The predicted molar refractivity (Wildman–Crippen MR) is 37.9 cm³/mol. The molecule has 0 amide bonds. The van der Waals surface area contributed by atoms with E-state index in [1.54, 1.807) is 0 Å². The van der Waals surface area contributed by atoms with Crippen LogP contribution in [0.25, 0.3) is 0 Å². The van der Waals surface area contributed by atoms with Gasteiger partial charge in [-0.15, -0.1) is 25.3 Å². The molecule has 0 aromatic carbocycles. The summed E-state index contributed by atoms with van der Waals surface area (Å²) >= 11 is 0.586. The van der Waals surface area contributed by atoms with Crippen LogP contribution in [-0.4, -0.2) is 15.2 Å². The van der Waals surface area contributed by atoms with Gasteiger partial charge in [-0.3, -0.25) is 0 Å². The average molecular weight is 111 g/mol. The molecule has 0 spiro atoms. The molecule has 0 atom stereocenters. The van der Waals surface area contributed by atoms with Crippen molar-refractivity contribution < 1.29 is 1.43 Å². The molecule has 0 aliphatic heterocycles. The molecule has 0 aliphatic carbocycles. The first-order valence-electron chi connectivity index (χ1n) is 2.45. The van der Waals surface area contributed by atoms with E-state index in [0.717, 1.165) is 0 Å². The third kappa shape index (κ3) is 6.01. The van der Waals surface area contributed by atoms with Gasteiger partial charge in [-0.2, -0.15) is 0 Å². The Kier molecular flexibility index (Phi) is 6.02. The van der Waals surface area contributed by atoms with E-state index >= 15 is 0 Å². The van der Waals surface area contributed by atoms with Gasteiger partial charge in [0.05, 0.1) is 0 Å². The third-order valence-electron chi connectivity index (χ3n) is 0.667. The van der Waals surface area contributed by atoms with Crippen LogP contribution in [0.3, 0.4) is 0 Å². The van der Waals surface area contributed by atoms with Crippen molar-refractivity contribution in [3.8, 4) is 0 Å². The molecule has 0 bridgehead atoms. The maximum Gasteiger partial charge on any atom is 0.212 e. The zero-order valence-electron chi connectivity index (χ0n) is 4.56. The van der Waals surface area contributed by atoms with Gasteiger partial charge >= 0.3 is 0 Å². The standard InChI is InChI=1S/2C3H5.Al.H2/c2*1-3-2;;/h2*3H,1-2H2;;1H. The van der Waals surface area contributed by atoms with Crippen LogP contribution >= 0.6 is 0 Å². The van der Waals surface area contributed by atoms with Gasteiger partial charge in [0.25, 0.3) is 0 Å². The van der Waals surface area contributed by atoms with Crippen molar-refractivity contribution in [2.45, 2.75) is 10.6 Å². The van der Waals surface area contributed by atoms with Crippen molar-refractivity contribution in [1.29, 1.82) is 0 Å². The molecule has 0 heterocycles. The van der Waals surface area contributed by atoms with Crippen LogP contribution in [-0.2, 0) is 0 Å². The number of rotatable bonds is 4. The lowest BCUT2D eigenvalue weighted by molar-refractivity contribution is 1.60. The Morgan fingerprint density at radius 2 is 1.71 bits per heavy atom. The minimum Gasteiger partial charge on any atom is -0.106 e. The van der Waals surface area contributed by atoms with E-state index in [4.69, 9.17) is 0 Å². The summed E-state index contributed by atoms with van der Waals surface area (Å²) in [6.07, 6.45) is 3.94. The summed E-state index contributed by atoms with van der Waals surface area (Å²) in [5, 5.41) is 2.40. The first-order valence-corrected chi connectivity index (χ1v) is 4.08. The Morgan fingerprint density at radius 3 is 2.00 bits per heavy atom. The second-order valence-electron chi connectivity index (χ2n) is 1.34. The summed E-state index contributed by atoms with van der Waals surface area (Å²) in [5.74, 6) is 0. The van der Waals surface area contributed by atoms with Crippen LogP contribution in [0.15, 0.2) is 25.3 Å². The van der Waals surface area contributed by atoms with Crippen molar-refractivity contribution in [2.24, 2.45) is 0 Å². The molecule has 0 saturated carbocycles. The molecule has 1 radical (unpaired) electrons. The molecule has 7 heavy (non-hydrogen) atoms. The zero-order valence-corrected chi connectivity index (χ0v) is 5.72. The highest BCUT2D eigenvalue weighted by Crippen LogP contribution is 1.84. The fourth-order valence-electron chi connectivity index (χ4n) is 0.332. The maximum absolute atomic E-state index is 3.62. The summed E-state index contributed by atoms with van der Waals surface area (Å²) in [5.41, 5.74) is 0. The zero-order chi connectivity index (χ0) is 5.54. The molecular weight excluding hydrogens is 99.0 g/mol. The Hall–Kier alpha value is 0.0125. The van der Waals surface area contributed by atoms with Crippen molar-refractivity contribution in [2.75, 3.05) is 0 Å². The lowest BCUT2D eigenvalue weighted by atomic mass is 10.7. The molecular formula is C6H12Al. The fourth-order valence-corrected chi connectivity index (χ4v) is 0.996. The van der Waals surface area contributed by atoms with Crippen molar-refractivity contribution in [3.05, 3.63) is 25.3 Å². The SMILES string of the molecule is C=C[CH2][Al][CH2]C=C.[HH]. The molecule has 0 saturated heterocycles. The fraction of sp³-hybridized carbons (Fsp3) is 0.333.